The molecule has 2 heteroatoms. The van der Waals surface area contributed by atoms with Crippen LogP contribution in [0.1, 0.15) is 0 Å². The maximum absolute atomic E-state index is 5.36. The summed E-state index contributed by atoms with van der Waals surface area (Å²) in [6, 6.07) is 9.49. The van der Waals surface area contributed by atoms with E-state index in [1.165, 1.54) is 0 Å². The fraction of sp³-hybridized carbons (Fsp3) is 0. The summed E-state index contributed by atoms with van der Waals surface area (Å²) in [7, 11) is 0. The van der Waals surface area contributed by atoms with Crippen molar-refractivity contribution < 1.29 is 27.7 Å². The van der Waals surface area contributed by atoms with Crippen LogP contribution in [-0.4, -0.2) is 0 Å². The van der Waals surface area contributed by atoms with Crippen molar-refractivity contribution in [2.75, 3.05) is 5.73 Å². The molecule has 0 atom stereocenters. The van der Waals surface area contributed by atoms with E-state index < -0.39 is 0 Å². The molecule has 1 nitrogen and oxygen atoms in total. The van der Waals surface area contributed by atoms with Gasteiger partial charge in [0.25, 0.3) is 0 Å². The molecule has 0 unspecified atom stereocenters. The summed E-state index contributed by atoms with van der Waals surface area (Å²) in [5, 5.41) is 0. The Hall–Kier alpha value is -0.0449. The van der Waals surface area contributed by atoms with Crippen molar-refractivity contribution >= 4 is 5.69 Å². The van der Waals surface area contributed by atoms with Gasteiger partial charge in [-0.1, -0.05) is 18.2 Å². The van der Waals surface area contributed by atoms with E-state index in [0.29, 0.717) is 0 Å². The van der Waals surface area contributed by atoms with Crippen LogP contribution in [0.4, 0.5) is 5.69 Å². The van der Waals surface area contributed by atoms with Crippen molar-refractivity contribution in [3.63, 3.8) is 0 Å². The topological polar surface area (TPSA) is 26.0 Å². The van der Waals surface area contributed by atoms with Crippen LogP contribution in [0.3, 0.4) is 0 Å². The second kappa shape index (κ2) is 3.90. The Morgan fingerprint density at radius 2 is 1.50 bits per heavy atom. The zero-order valence-electron chi connectivity index (χ0n) is 4.67. The van der Waals surface area contributed by atoms with Crippen LogP contribution in [0.25, 0.3) is 0 Å². The van der Waals surface area contributed by atoms with Gasteiger partial charge in [-0.3, -0.25) is 0 Å². The first-order chi connectivity index (χ1) is 3.39. The molecule has 0 spiro atoms. The van der Waals surface area contributed by atoms with Gasteiger partial charge in [0.1, 0.15) is 0 Å². The van der Waals surface area contributed by atoms with Crippen LogP contribution in [0.15, 0.2) is 30.3 Å². The number of nitrogen functional groups attached to an aromatic ring is 1. The summed E-state index contributed by atoms with van der Waals surface area (Å²) in [6.45, 7) is 0. The van der Waals surface area contributed by atoms with Gasteiger partial charge in [0, 0.05) is 33.4 Å². The molecule has 0 radical (unpaired) electrons. The van der Waals surface area contributed by atoms with Crippen molar-refractivity contribution in [1.82, 2.24) is 0 Å². The first kappa shape index (κ1) is 7.96. The summed E-state index contributed by atoms with van der Waals surface area (Å²) in [5.41, 5.74) is 6.18. The zero-order valence-corrected chi connectivity index (χ0v) is 10.2. The monoisotopic (exact) mass is 295 g/mol. The van der Waals surface area contributed by atoms with Crippen LogP contribution in [0, 0.1) is 0 Å². The number of benzene rings is 1. The van der Waals surface area contributed by atoms with E-state index in [4.69, 9.17) is 5.73 Å². The predicted molar refractivity (Wildman–Crippen MR) is 30.9 cm³/mol. The molecular formula is C6H7HgN. The Morgan fingerprint density at radius 3 is 1.75 bits per heavy atom. The van der Waals surface area contributed by atoms with E-state index in [-0.39, 0.29) is 27.7 Å². The van der Waals surface area contributed by atoms with Crippen LogP contribution in [-0.2, 0) is 27.7 Å². The quantitative estimate of drug-likeness (QED) is 0.566. The molecule has 0 aliphatic heterocycles. The third kappa shape index (κ3) is 2.31. The number of hydrogen-bond donors (Lipinski definition) is 1. The Labute approximate surface area is 69.4 Å². The molecule has 0 fully saturated rings. The van der Waals surface area contributed by atoms with Crippen LogP contribution in [0.5, 0.6) is 0 Å². The average Bonchev–Trinajstić information content (AvgIpc) is 1.69. The molecule has 1 aromatic carbocycles. The van der Waals surface area contributed by atoms with Gasteiger partial charge < -0.3 is 5.73 Å². The van der Waals surface area contributed by atoms with Gasteiger partial charge in [-0.05, 0) is 12.1 Å². The molecule has 0 aromatic heterocycles. The van der Waals surface area contributed by atoms with Gasteiger partial charge >= 0.3 is 0 Å². The molecule has 8 heavy (non-hydrogen) atoms. The van der Waals surface area contributed by atoms with E-state index >= 15 is 0 Å². The molecular weight excluding hydrogens is 287 g/mol. The third-order valence-corrected chi connectivity index (χ3v) is 0.800. The summed E-state index contributed by atoms with van der Waals surface area (Å²) < 4.78 is 0. The molecule has 0 aliphatic carbocycles. The predicted octanol–water partition coefficient (Wildman–Crippen LogP) is 1.27. The van der Waals surface area contributed by atoms with Crippen molar-refractivity contribution in [3.05, 3.63) is 30.3 Å². The normalized spacial score (nSPS) is 7.50. The first-order valence-electron chi connectivity index (χ1n) is 2.20. The first-order valence-corrected chi connectivity index (χ1v) is 2.20. The molecule has 0 saturated carbocycles. The number of hydrogen-bond acceptors (Lipinski definition) is 1. The van der Waals surface area contributed by atoms with Crippen LogP contribution in [0.2, 0.25) is 0 Å². The molecule has 1 rings (SSSR count). The van der Waals surface area contributed by atoms with Crippen molar-refractivity contribution in [3.8, 4) is 0 Å². The van der Waals surface area contributed by atoms with Crippen molar-refractivity contribution in [2.45, 2.75) is 0 Å². The number of para-hydroxylation sites is 1. The second-order valence-corrected chi connectivity index (χ2v) is 1.41. The zero-order chi connectivity index (χ0) is 5.11. The second-order valence-electron chi connectivity index (χ2n) is 1.41. The van der Waals surface area contributed by atoms with Gasteiger partial charge in [0.2, 0.25) is 0 Å². The van der Waals surface area contributed by atoms with Gasteiger partial charge in [-0.2, -0.15) is 0 Å². The van der Waals surface area contributed by atoms with Crippen molar-refractivity contribution in [2.24, 2.45) is 0 Å². The largest absolute Gasteiger partial charge is 0.399 e. The Bertz CT molecular complexity index is 138. The molecule has 2 N–H and O–H groups in total. The van der Waals surface area contributed by atoms with E-state index in [1.54, 1.807) is 0 Å². The number of nitrogens with two attached hydrogens (primary N) is 1. The van der Waals surface area contributed by atoms with Gasteiger partial charge in [-0.15, -0.1) is 0 Å². The molecule has 1 aromatic rings. The van der Waals surface area contributed by atoms with E-state index in [2.05, 4.69) is 0 Å². The molecule has 0 saturated heterocycles. The molecule has 0 aliphatic rings. The average molecular weight is 294 g/mol. The minimum Gasteiger partial charge on any atom is -0.399 e. The number of anilines is 1. The summed E-state index contributed by atoms with van der Waals surface area (Å²) in [4.78, 5) is 0. The van der Waals surface area contributed by atoms with Crippen LogP contribution < -0.4 is 5.73 Å². The third-order valence-electron chi connectivity index (χ3n) is 0.800. The standard InChI is InChI=1S/C6H7N.Hg/c7-6-4-2-1-3-5-6;/h1-5H,7H2;. The van der Waals surface area contributed by atoms with E-state index in [9.17, 15) is 0 Å². The number of rotatable bonds is 0. The molecule has 38 valence electrons. The fourth-order valence-electron chi connectivity index (χ4n) is 0.453. The minimum absolute atomic E-state index is 0. The summed E-state index contributed by atoms with van der Waals surface area (Å²) in [6.07, 6.45) is 0. The Kier molecular flexibility index (Phi) is 3.88. The van der Waals surface area contributed by atoms with Crippen molar-refractivity contribution in [1.29, 1.82) is 0 Å². The minimum atomic E-state index is 0. The molecule has 0 bridgehead atoms. The SMILES string of the molecule is Nc1ccccc1.[Hg]. The maximum Gasteiger partial charge on any atom is 0.0313 e. The fourth-order valence-corrected chi connectivity index (χ4v) is 0.453. The Balaban J connectivity index is 0.000000490. The molecule has 0 heterocycles. The summed E-state index contributed by atoms with van der Waals surface area (Å²) in [5.74, 6) is 0. The van der Waals surface area contributed by atoms with Crippen LogP contribution >= 0.6 is 0 Å². The van der Waals surface area contributed by atoms with E-state index in [1.807, 2.05) is 30.3 Å². The summed E-state index contributed by atoms with van der Waals surface area (Å²) >= 11 is 0. The van der Waals surface area contributed by atoms with Gasteiger partial charge in [-0.25, -0.2) is 0 Å². The molecule has 0 amide bonds. The van der Waals surface area contributed by atoms with E-state index in [0.717, 1.165) is 5.69 Å². The van der Waals surface area contributed by atoms with Gasteiger partial charge in [0.15, 0.2) is 0 Å². The maximum atomic E-state index is 5.36. The smallest absolute Gasteiger partial charge is 0.0313 e. The van der Waals surface area contributed by atoms with Gasteiger partial charge in [0.05, 0.1) is 0 Å². The Morgan fingerprint density at radius 1 is 1.00 bits per heavy atom.